The van der Waals surface area contributed by atoms with Crippen LogP contribution in [0.5, 0.6) is 23.0 Å². The Balaban J connectivity index is 1.14. The molecule has 5 rings (SSSR count). The van der Waals surface area contributed by atoms with Crippen LogP contribution in [0, 0.1) is 0 Å². The molecule has 11 nitrogen and oxygen atoms in total. The first-order valence-electron chi connectivity index (χ1n) is 12.5. The Kier molecular flexibility index (Phi) is 8.39. The maximum Gasteiger partial charge on any atom is 0.294 e. The van der Waals surface area contributed by atoms with Gasteiger partial charge in [-0.3, -0.25) is 24.1 Å². The van der Waals surface area contributed by atoms with Crippen molar-refractivity contribution in [2.75, 3.05) is 44.1 Å². The molecular formula is C29H25N3O8S. The Bertz CT molecular complexity index is 1520. The van der Waals surface area contributed by atoms with E-state index in [1.54, 1.807) is 72.8 Å². The lowest BCUT2D eigenvalue weighted by Crippen LogP contribution is -2.36. The van der Waals surface area contributed by atoms with E-state index in [-0.39, 0.29) is 17.4 Å². The van der Waals surface area contributed by atoms with Gasteiger partial charge in [0.15, 0.2) is 18.1 Å². The van der Waals surface area contributed by atoms with Crippen LogP contribution >= 0.6 is 11.8 Å². The van der Waals surface area contributed by atoms with Crippen molar-refractivity contribution in [2.45, 2.75) is 0 Å². The number of hydrogen-bond acceptors (Lipinski definition) is 9. The SMILES string of the molecule is COc1ccccc1NC(=O)COc1ccc(/C=C2\SC(=O)N(CC(=O)Nc3ccc4c(c3)OCCO4)C2=O)cc1. The highest BCUT2D eigenvalue weighted by molar-refractivity contribution is 8.18. The number of thioether (sulfide) groups is 1. The number of ether oxygens (including phenoxy) is 4. The van der Waals surface area contributed by atoms with Crippen LogP contribution in [0.2, 0.25) is 0 Å². The number of carbonyl (C=O) groups is 4. The summed E-state index contributed by atoms with van der Waals surface area (Å²) in [5.41, 5.74) is 1.64. The van der Waals surface area contributed by atoms with Gasteiger partial charge in [-0.2, -0.15) is 0 Å². The molecule has 2 heterocycles. The van der Waals surface area contributed by atoms with Gasteiger partial charge >= 0.3 is 0 Å². The van der Waals surface area contributed by atoms with Crippen molar-refractivity contribution < 1.29 is 38.1 Å². The molecule has 2 N–H and O–H groups in total. The fraction of sp³-hybridized carbons (Fsp3) is 0.172. The second kappa shape index (κ2) is 12.5. The van der Waals surface area contributed by atoms with Crippen molar-refractivity contribution in [3.8, 4) is 23.0 Å². The van der Waals surface area contributed by atoms with Crippen molar-refractivity contribution >= 4 is 52.2 Å². The summed E-state index contributed by atoms with van der Waals surface area (Å²) in [6.45, 7) is 0.212. The molecule has 2 aliphatic heterocycles. The fourth-order valence-corrected chi connectivity index (χ4v) is 4.83. The number of amides is 4. The molecule has 0 aromatic heterocycles. The van der Waals surface area contributed by atoms with Crippen molar-refractivity contribution in [3.05, 3.63) is 77.2 Å². The van der Waals surface area contributed by atoms with Crippen LogP contribution in [0.15, 0.2) is 71.6 Å². The maximum atomic E-state index is 12.9. The van der Waals surface area contributed by atoms with E-state index in [0.717, 1.165) is 16.7 Å². The lowest BCUT2D eigenvalue weighted by molar-refractivity contribution is -0.127. The fourth-order valence-electron chi connectivity index (χ4n) is 4.00. The highest BCUT2D eigenvalue weighted by Crippen LogP contribution is 2.34. The Morgan fingerprint density at radius 3 is 2.49 bits per heavy atom. The van der Waals surface area contributed by atoms with E-state index in [4.69, 9.17) is 18.9 Å². The predicted molar refractivity (Wildman–Crippen MR) is 152 cm³/mol. The summed E-state index contributed by atoms with van der Waals surface area (Å²) >= 11 is 0.753. The number of para-hydroxylation sites is 2. The Morgan fingerprint density at radius 2 is 1.71 bits per heavy atom. The normalized spacial score (nSPS) is 15.0. The number of benzene rings is 3. The minimum atomic E-state index is -0.564. The number of methoxy groups -OCH3 is 1. The van der Waals surface area contributed by atoms with E-state index in [1.807, 2.05) is 0 Å². The lowest BCUT2D eigenvalue weighted by Gasteiger charge is -2.19. The van der Waals surface area contributed by atoms with E-state index in [0.29, 0.717) is 53.2 Å². The molecule has 41 heavy (non-hydrogen) atoms. The number of carbonyl (C=O) groups excluding carboxylic acids is 4. The predicted octanol–water partition coefficient (Wildman–Crippen LogP) is 4.16. The molecule has 1 saturated heterocycles. The standard InChI is InChI=1S/C29H25N3O8S/c1-37-22-5-3-2-4-21(22)31-27(34)17-40-20-9-6-18(7-10-20)14-25-28(35)32(29(36)41-25)16-26(33)30-19-8-11-23-24(15-19)39-13-12-38-23/h2-11,14-15H,12-13,16-17H2,1H3,(H,30,33)(H,31,34)/b25-14-. The number of nitrogens with one attached hydrogen (secondary N) is 2. The van der Waals surface area contributed by atoms with Crippen LogP contribution < -0.4 is 29.6 Å². The molecule has 1 fully saturated rings. The Morgan fingerprint density at radius 1 is 0.951 bits per heavy atom. The molecule has 12 heteroatoms. The summed E-state index contributed by atoms with van der Waals surface area (Å²) in [5.74, 6) is 0.629. The van der Waals surface area contributed by atoms with Gasteiger partial charge < -0.3 is 29.6 Å². The van der Waals surface area contributed by atoms with E-state index < -0.39 is 23.6 Å². The number of fused-ring (bicyclic) bond motifs is 1. The van der Waals surface area contributed by atoms with Crippen molar-refractivity contribution in [2.24, 2.45) is 0 Å². The first-order chi connectivity index (χ1) is 19.9. The zero-order valence-corrected chi connectivity index (χ0v) is 22.7. The summed E-state index contributed by atoms with van der Waals surface area (Å²) in [6.07, 6.45) is 1.56. The zero-order valence-electron chi connectivity index (χ0n) is 21.9. The van der Waals surface area contributed by atoms with Crippen LogP contribution in [0.1, 0.15) is 5.56 Å². The molecule has 0 unspecified atom stereocenters. The average molecular weight is 576 g/mol. The maximum absolute atomic E-state index is 12.9. The summed E-state index contributed by atoms with van der Waals surface area (Å²) in [7, 11) is 1.52. The van der Waals surface area contributed by atoms with Crippen molar-refractivity contribution in [1.82, 2.24) is 4.90 Å². The molecular weight excluding hydrogens is 550 g/mol. The molecule has 0 spiro atoms. The van der Waals surface area contributed by atoms with Crippen LogP contribution in [0.25, 0.3) is 6.08 Å². The average Bonchev–Trinajstić information content (AvgIpc) is 3.24. The summed E-state index contributed by atoms with van der Waals surface area (Å²) < 4.78 is 21.7. The van der Waals surface area contributed by atoms with E-state index >= 15 is 0 Å². The molecule has 0 radical (unpaired) electrons. The third kappa shape index (κ3) is 6.79. The van der Waals surface area contributed by atoms with Gasteiger partial charge in [0, 0.05) is 11.8 Å². The first kappa shape index (κ1) is 27.6. The molecule has 210 valence electrons. The highest BCUT2D eigenvalue weighted by Gasteiger charge is 2.36. The largest absolute Gasteiger partial charge is 0.495 e. The third-order valence-corrected chi connectivity index (χ3v) is 6.84. The molecule has 2 aliphatic rings. The molecule has 0 atom stereocenters. The first-order valence-corrected chi connectivity index (χ1v) is 13.3. The quantitative estimate of drug-likeness (QED) is 0.361. The number of nitrogens with zero attached hydrogens (tertiary/aromatic N) is 1. The van der Waals surface area contributed by atoms with Crippen LogP contribution in [-0.2, 0) is 14.4 Å². The summed E-state index contributed by atoms with van der Waals surface area (Å²) in [5, 5.41) is 4.86. The van der Waals surface area contributed by atoms with Crippen LogP contribution in [0.4, 0.5) is 16.2 Å². The molecule has 4 amide bonds. The summed E-state index contributed by atoms with van der Waals surface area (Å²) in [6, 6.07) is 18.7. The van der Waals surface area contributed by atoms with Crippen molar-refractivity contribution in [1.29, 1.82) is 0 Å². The van der Waals surface area contributed by atoms with E-state index in [2.05, 4.69) is 10.6 Å². The Labute approximate surface area is 239 Å². The molecule has 3 aromatic rings. The minimum Gasteiger partial charge on any atom is -0.495 e. The second-order valence-corrected chi connectivity index (χ2v) is 9.77. The van der Waals surface area contributed by atoms with Gasteiger partial charge in [-0.15, -0.1) is 0 Å². The number of rotatable bonds is 9. The topological polar surface area (TPSA) is 132 Å². The van der Waals surface area contributed by atoms with E-state index in [1.165, 1.54) is 7.11 Å². The summed E-state index contributed by atoms with van der Waals surface area (Å²) in [4.78, 5) is 51.3. The zero-order chi connectivity index (χ0) is 28.8. The van der Waals surface area contributed by atoms with Gasteiger partial charge in [0.1, 0.15) is 31.3 Å². The smallest absolute Gasteiger partial charge is 0.294 e. The lowest BCUT2D eigenvalue weighted by atomic mass is 10.2. The molecule has 0 saturated carbocycles. The van der Waals surface area contributed by atoms with Gasteiger partial charge in [0.25, 0.3) is 17.1 Å². The highest BCUT2D eigenvalue weighted by atomic mass is 32.2. The van der Waals surface area contributed by atoms with Crippen LogP contribution in [-0.4, -0.2) is 61.3 Å². The van der Waals surface area contributed by atoms with Gasteiger partial charge in [0.2, 0.25) is 5.91 Å². The molecule has 0 aliphatic carbocycles. The van der Waals surface area contributed by atoms with E-state index in [9.17, 15) is 19.2 Å². The number of hydrogen-bond donors (Lipinski definition) is 2. The van der Waals surface area contributed by atoms with Crippen LogP contribution in [0.3, 0.4) is 0 Å². The van der Waals surface area contributed by atoms with Gasteiger partial charge in [-0.05, 0) is 59.8 Å². The number of anilines is 2. The minimum absolute atomic E-state index is 0.187. The Hall–Kier alpha value is -4.97. The third-order valence-electron chi connectivity index (χ3n) is 5.93. The number of imide groups is 1. The van der Waals surface area contributed by atoms with Gasteiger partial charge in [-0.25, -0.2) is 0 Å². The van der Waals surface area contributed by atoms with Gasteiger partial charge in [0.05, 0.1) is 17.7 Å². The second-order valence-electron chi connectivity index (χ2n) is 8.78. The van der Waals surface area contributed by atoms with Gasteiger partial charge in [-0.1, -0.05) is 24.3 Å². The van der Waals surface area contributed by atoms with Crippen molar-refractivity contribution in [3.63, 3.8) is 0 Å². The monoisotopic (exact) mass is 575 g/mol. The molecule has 0 bridgehead atoms. The molecule has 3 aromatic carbocycles.